The first kappa shape index (κ1) is 18.8. The fraction of sp³-hybridized carbons (Fsp3) is 0.200. The monoisotopic (exact) mass is 419 g/mol. The SMILES string of the molecule is Cn1cc(Br)cc1C(=O)NNC(=O)Cc1ccc(OC(F)(F)F)cc1. The van der Waals surface area contributed by atoms with Crippen LogP contribution in [-0.4, -0.2) is 22.7 Å². The Kier molecular flexibility index (Phi) is 5.73. The fourth-order valence-electron chi connectivity index (χ4n) is 1.98. The number of carbonyl (C=O) groups excluding carboxylic acids is 2. The van der Waals surface area contributed by atoms with Crippen molar-refractivity contribution in [2.45, 2.75) is 12.8 Å². The molecule has 0 aliphatic carbocycles. The van der Waals surface area contributed by atoms with Gasteiger partial charge >= 0.3 is 6.36 Å². The first-order chi connectivity index (χ1) is 11.6. The van der Waals surface area contributed by atoms with Crippen LogP contribution in [0.5, 0.6) is 5.75 Å². The van der Waals surface area contributed by atoms with Gasteiger partial charge in [0.25, 0.3) is 5.91 Å². The average molecular weight is 420 g/mol. The predicted octanol–water partition coefficient (Wildman–Crippen LogP) is 2.69. The number of nitrogens with one attached hydrogen (secondary N) is 2. The molecule has 0 aliphatic rings. The molecule has 2 amide bonds. The summed E-state index contributed by atoms with van der Waals surface area (Å²) in [6, 6.07) is 6.46. The number of halogens is 4. The molecule has 0 saturated carbocycles. The third kappa shape index (κ3) is 5.82. The molecular weight excluding hydrogens is 407 g/mol. The summed E-state index contributed by atoms with van der Waals surface area (Å²) in [5, 5.41) is 0. The van der Waals surface area contributed by atoms with E-state index in [-0.39, 0.29) is 12.2 Å². The maximum absolute atomic E-state index is 12.1. The van der Waals surface area contributed by atoms with E-state index in [1.165, 1.54) is 12.1 Å². The lowest BCUT2D eigenvalue weighted by Gasteiger charge is -2.10. The lowest BCUT2D eigenvalue weighted by atomic mass is 10.1. The van der Waals surface area contributed by atoms with E-state index in [2.05, 4.69) is 31.5 Å². The van der Waals surface area contributed by atoms with E-state index in [1.54, 1.807) is 23.9 Å². The van der Waals surface area contributed by atoms with E-state index in [1.807, 2.05) is 0 Å². The number of nitrogens with zero attached hydrogens (tertiary/aromatic N) is 1. The Balaban J connectivity index is 1.86. The highest BCUT2D eigenvalue weighted by Crippen LogP contribution is 2.22. The van der Waals surface area contributed by atoms with E-state index in [0.717, 1.165) is 12.1 Å². The van der Waals surface area contributed by atoms with Crippen molar-refractivity contribution in [1.82, 2.24) is 15.4 Å². The van der Waals surface area contributed by atoms with Gasteiger partial charge in [-0.25, -0.2) is 0 Å². The van der Waals surface area contributed by atoms with Crippen molar-refractivity contribution in [3.63, 3.8) is 0 Å². The molecule has 10 heteroatoms. The minimum absolute atomic E-state index is 0.122. The number of rotatable bonds is 4. The van der Waals surface area contributed by atoms with Gasteiger partial charge in [-0.3, -0.25) is 20.4 Å². The Bertz CT molecular complexity index is 773. The minimum atomic E-state index is -4.77. The van der Waals surface area contributed by atoms with E-state index in [0.29, 0.717) is 15.7 Å². The van der Waals surface area contributed by atoms with Gasteiger partial charge in [0.05, 0.1) is 6.42 Å². The molecule has 0 fully saturated rings. The number of amides is 2. The van der Waals surface area contributed by atoms with Crippen LogP contribution < -0.4 is 15.6 Å². The summed E-state index contributed by atoms with van der Waals surface area (Å²) in [7, 11) is 1.67. The number of benzene rings is 1. The first-order valence-corrected chi connectivity index (χ1v) is 7.69. The smallest absolute Gasteiger partial charge is 0.406 e. The summed E-state index contributed by atoms with van der Waals surface area (Å²) in [5.41, 5.74) is 5.30. The van der Waals surface area contributed by atoms with Crippen molar-refractivity contribution in [1.29, 1.82) is 0 Å². The largest absolute Gasteiger partial charge is 0.573 e. The molecule has 0 unspecified atom stereocenters. The number of aromatic nitrogens is 1. The van der Waals surface area contributed by atoms with Crippen LogP contribution in [0.4, 0.5) is 13.2 Å². The zero-order valence-corrected chi connectivity index (χ0v) is 14.4. The minimum Gasteiger partial charge on any atom is -0.406 e. The molecule has 2 aromatic rings. The summed E-state index contributed by atoms with van der Waals surface area (Å²) in [5.74, 6) is -1.40. The van der Waals surface area contributed by atoms with Crippen molar-refractivity contribution >= 4 is 27.7 Å². The summed E-state index contributed by atoms with van der Waals surface area (Å²) < 4.78 is 42.2. The van der Waals surface area contributed by atoms with E-state index >= 15 is 0 Å². The number of carbonyl (C=O) groups is 2. The summed E-state index contributed by atoms with van der Waals surface area (Å²) in [6.07, 6.45) is -3.21. The zero-order chi connectivity index (χ0) is 18.6. The molecule has 0 aliphatic heterocycles. The van der Waals surface area contributed by atoms with Crippen molar-refractivity contribution < 1.29 is 27.5 Å². The van der Waals surface area contributed by atoms with Crippen LogP contribution in [-0.2, 0) is 18.3 Å². The van der Waals surface area contributed by atoms with Gasteiger partial charge in [-0.05, 0) is 39.7 Å². The molecule has 6 nitrogen and oxygen atoms in total. The first-order valence-electron chi connectivity index (χ1n) is 6.90. The molecule has 25 heavy (non-hydrogen) atoms. The quantitative estimate of drug-likeness (QED) is 0.748. The van der Waals surface area contributed by atoms with Crippen LogP contribution in [0, 0.1) is 0 Å². The molecule has 0 bridgehead atoms. The fourth-order valence-corrected chi connectivity index (χ4v) is 2.50. The van der Waals surface area contributed by atoms with Gasteiger partial charge in [0.1, 0.15) is 11.4 Å². The highest BCUT2D eigenvalue weighted by Gasteiger charge is 2.30. The summed E-state index contributed by atoms with van der Waals surface area (Å²) in [6.45, 7) is 0. The standard InChI is InChI=1S/C15H13BrF3N3O3/c1-22-8-10(16)7-12(22)14(24)21-20-13(23)6-9-2-4-11(5-3-9)25-15(17,18)19/h2-5,7-8H,6H2,1H3,(H,20,23)(H,21,24). The number of hydrogen-bond donors (Lipinski definition) is 2. The zero-order valence-electron chi connectivity index (χ0n) is 12.9. The van der Waals surface area contributed by atoms with Gasteiger partial charge in [-0.15, -0.1) is 13.2 Å². The van der Waals surface area contributed by atoms with E-state index < -0.39 is 18.2 Å². The summed E-state index contributed by atoms with van der Waals surface area (Å²) in [4.78, 5) is 23.7. The van der Waals surface area contributed by atoms with Crippen LogP contribution in [0.25, 0.3) is 0 Å². The Labute approximate surface area is 149 Å². The topological polar surface area (TPSA) is 72.4 Å². The number of alkyl halides is 3. The molecule has 134 valence electrons. The van der Waals surface area contributed by atoms with Crippen LogP contribution in [0.1, 0.15) is 16.1 Å². The highest BCUT2D eigenvalue weighted by molar-refractivity contribution is 9.10. The molecule has 0 saturated heterocycles. The van der Waals surface area contributed by atoms with Gasteiger partial charge in [-0.1, -0.05) is 12.1 Å². The van der Waals surface area contributed by atoms with Crippen LogP contribution in [0.2, 0.25) is 0 Å². The molecular formula is C15H13BrF3N3O3. The maximum atomic E-state index is 12.1. The number of hydrogen-bond acceptors (Lipinski definition) is 3. The Morgan fingerprint density at radius 1 is 1.20 bits per heavy atom. The van der Waals surface area contributed by atoms with E-state index in [4.69, 9.17) is 0 Å². The second-order valence-corrected chi connectivity index (χ2v) is 5.94. The molecule has 1 heterocycles. The lowest BCUT2D eigenvalue weighted by molar-refractivity contribution is -0.274. The number of aryl methyl sites for hydroxylation is 1. The predicted molar refractivity (Wildman–Crippen MR) is 85.6 cm³/mol. The van der Waals surface area contributed by atoms with Crippen molar-refractivity contribution in [2.24, 2.45) is 7.05 Å². The normalized spacial score (nSPS) is 11.1. The van der Waals surface area contributed by atoms with Crippen LogP contribution >= 0.6 is 15.9 Å². The molecule has 2 rings (SSSR count). The molecule has 0 spiro atoms. The van der Waals surface area contributed by atoms with Gasteiger partial charge in [0.15, 0.2) is 0 Å². The molecule has 1 aromatic heterocycles. The van der Waals surface area contributed by atoms with Gasteiger partial charge in [0, 0.05) is 17.7 Å². The lowest BCUT2D eigenvalue weighted by Crippen LogP contribution is -2.42. The van der Waals surface area contributed by atoms with Gasteiger partial charge in [-0.2, -0.15) is 0 Å². The van der Waals surface area contributed by atoms with Crippen molar-refractivity contribution in [3.05, 3.63) is 52.3 Å². The number of hydrazine groups is 1. The Morgan fingerprint density at radius 3 is 2.36 bits per heavy atom. The molecule has 0 radical (unpaired) electrons. The molecule has 0 atom stereocenters. The van der Waals surface area contributed by atoms with Crippen LogP contribution in [0.3, 0.4) is 0 Å². The van der Waals surface area contributed by atoms with Gasteiger partial charge < -0.3 is 9.30 Å². The number of ether oxygens (including phenoxy) is 1. The van der Waals surface area contributed by atoms with Gasteiger partial charge in [0.2, 0.25) is 5.91 Å². The maximum Gasteiger partial charge on any atom is 0.573 e. The second kappa shape index (κ2) is 7.60. The Hall–Kier alpha value is -2.49. The van der Waals surface area contributed by atoms with Crippen molar-refractivity contribution in [2.75, 3.05) is 0 Å². The van der Waals surface area contributed by atoms with Crippen molar-refractivity contribution in [3.8, 4) is 5.75 Å². The third-order valence-electron chi connectivity index (χ3n) is 3.04. The molecule has 1 aromatic carbocycles. The summed E-state index contributed by atoms with van der Waals surface area (Å²) >= 11 is 3.23. The van der Waals surface area contributed by atoms with E-state index in [9.17, 15) is 22.8 Å². The highest BCUT2D eigenvalue weighted by atomic mass is 79.9. The molecule has 2 N–H and O–H groups in total. The second-order valence-electron chi connectivity index (χ2n) is 5.03. The average Bonchev–Trinajstić information content (AvgIpc) is 2.84. The van der Waals surface area contributed by atoms with Crippen LogP contribution in [0.15, 0.2) is 41.0 Å². The third-order valence-corrected chi connectivity index (χ3v) is 3.47. The Morgan fingerprint density at radius 2 is 1.84 bits per heavy atom.